The van der Waals surface area contributed by atoms with Crippen LogP contribution in [0.3, 0.4) is 0 Å². The summed E-state index contributed by atoms with van der Waals surface area (Å²) < 4.78 is 2.58. The third-order valence-electron chi connectivity index (χ3n) is 13.4. The molecule has 0 bridgehead atoms. The summed E-state index contributed by atoms with van der Waals surface area (Å²) in [5.41, 5.74) is 13.0. The van der Waals surface area contributed by atoms with E-state index >= 15 is 0 Å². The van der Waals surface area contributed by atoms with Gasteiger partial charge in [-0.1, -0.05) is 194 Å². The maximum atomic E-state index is 2.42. The normalized spacial score (nSPS) is 11.6. The molecule has 0 saturated heterocycles. The summed E-state index contributed by atoms with van der Waals surface area (Å²) in [7, 11) is 0. The van der Waals surface area contributed by atoms with Gasteiger partial charge in [0.15, 0.2) is 0 Å². The van der Waals surface area contributed by atoms with Crippen LogP contribution in [0, 0.1) is 0 Å². The molecule has 13 aromatic rings. The monoisotopic (exact) mass is 855 g/mol. The highest BCUT2D eigenvalue weighted by atomic mass is 32.1. The van der Waals surface area contributed by atoms with Crippen LogP contribution in [0.1, 0.15) is 0 Å². The highest BCUT2D eigenvalue weighted by Gasteiger charge is 2.18. The number of benzene rings is 12. The molecule has 2 heteroatoms. The van der Waals surface area contributed by atoms with Crippen molar-refractivity contribution >= 4 is 91.7 Å². The molecule has 0 N–H and O–H groups in total. The molecule has 0 aliphatic rings. The number of fused-ring (bicyclic) bond motifs is 8. The predicted molar refractivity (Wildman–Crippen MR) is 286 cm³/mol. The van der Waals surface area contributed by atoms with Crippen LogP contribution < -0.4 is 4.90 Å². The average molecular weight is 856 g/mol. The SMILES string of the molecule is c1ccc(-c2ccc(-c3cccc(N(c4ccc(-c5ccc(-c6cc7ccccc7c7ccccc67)cc5)cc4)c4ccc5c(c4)sc4cc6ccccc6cc45)c3)c3ccccc23)cc1. The van der Waals surface area contributed by atoms with E-state index in [2.05, 4.69) is 254 Å². The van der Waals surface area contributed by atoms with E-state index in [0.29, 0.717) is 0 Å². The molecule has 1 aromatic heterocycles. The van der Waals surface area contributed by atoms with Crippen molar-refractivity contribution in [3.63, 3.8) is 0 Å². The van der Waals surface area contributed by atoms with Crippen LogP contribution in [-0.4, -0.2) is 0 Å². The summed E-state index contributed by atoms with van der Waals surface area (Å²) in [4.78, 5) is 2.42. The van der Waals surface area contributed by atoms with Crippen molar-refractivity contribution in [1.82, 2.24) is 0 Å². The highest BCUT2D eigenvalue weighted by Crippen LogP contribution is 2.44. The second-order valence-electron chi connectivity index (χ2n) is 17.3. The molecule has 12 aromatic carbocycles. The minimum absolute atomic E-state index is 1.10. The zero-order chi connectivity index (χ0) is 43.6. The van der Waals surface area contributed by atoms with Crippen LogP contribution in [0.15, 0.2) is 249 Å². The van der Waals surface area contributed by atoms with E-state index in [1.807, 2.05) is 11.3 Å². The van der Waals surface area contributed by atoms with Crippen molar-refractivity contribution < 1.29 is 0 Å². The van der Waals surface area contributed by atoms with Gasteiger partial charge in [0, 0.05) is 37.2 Å². The molecule has 13 rings (SSSR count). The number of hydrogen-bond acceptors (Lipinski definition) is 2. The summed E-state index contributed by atoms with van der Waals surface area (Å²) in [6.45, 7) is 0. The summed E-state index contributed by atoms with van der Waals surface area (Å²) in [6.07, 6.45) is 0. The maximum Gasteiger partial charge on any atom is 0.0476 e. The largest absolute Gasteiger partial charge is 0.310 e. The van der Waals surface area contributed by atoms with Gasteiger partial charge in [0.05, 0.1) is 0 Å². The summed E-state index contributed by atoms with van der Waals surface area (Å²) in [5.74, 6) is 0. The molecule has 66 heavy (non-hydrogen) atoms. The Morgan fingerprint density at radius 3 is 1.45 bits per heavy atom. The number of rotatable bonds is 7. The second kappa shape index (κ2) is 15.7. The fourth-order valence-corrected chi connectivity index (χ4v) is 11.4. The second-order valence-corrected chi connectivity index (χ2v) is 18.3. The molecule has 0 amide bonds. The molecule has 0 saturated carbocycles. The number of anilines is 3. The Balaban J connectivity index is 0.909. The Bertz CT molecular complexity index is 3980. The van der Waals surface area contributed by atoms with Gasteiger partial charge in [-0.05, 0) is 142 Å². The van der Waals surface area contributed by atoms with E-state index in [1.54, 1.807) is 0 Å². The smallest absolute Gasteiger partial charge is 0.0476 e. The van der Waals surface area contributed by atoms with Gasteiger partial charge in [0.2, 0.25) is 0 Å². The quantitative estimate of drug-likeness (QED) is 0.144. The van der Waals surface area contributed by atoms with Crippen molar-refractivity contribution in [3.05, 3.63) is 249 Å². The molecule has 1 nitrogen and oxygen atoms in total. The van der Waals surface area contributed by atoms with Crippen LogP contribution in [0.25, 0.3) is 108 Å². The van der Waals surface area contributed by atoms with Crippen molar-refractivity contribution in [2.75, 3.05) is 4.90 Å². The van der Waals surface area contributed by atoms with E-state index in [0.717, 1.165) is 17.1 Å². The van der Waals surface area contributed by atoms with Gasteiger partial charge in [-0.3, -0.25) is 0 Å². The standard InChI is InChI=1S/C64H41NS/c1-2-13-44(14-3-1)54-35-36-55(58-23-9-8-22-57(54)58)48-18-12-19-51(37-48)65(52-33-34-60-62-38-46-15-4-5-16-47(46)40-63(62)66-64(60)41-52)50-31-29-43(30-32-50)42-25-27-45(28-26-42)61-39-49-17-6-7-20-53(49)56-21-10-11-24-59(56)61/h1-41H. The minimum Gasteiger partial charge on any atom is -0.310 e. The molecule has 308 valence electrons. The molecule has 0 radical (unpaired) electrons. The lowest BCUT2D eigenvalue weighted by atomic mass is 9.92. The van der Waals surface area contributed by atoms with Gasteiger partial charge >= 0.3 is 0 Å². The first kappa shape index (κ1) is 38.2. The van der Waals surface area contributed by atoms with Gasteiger partial charge in [-0.2, -0.15) is 0 Å². The summed E-state index contributed by atoms with van der Waals surface area (Å²) in [6, 6.07) is 91.5. The van der Waals surface area contributed by atoms with Crippen molar-refractivity contribution in [2.24, 2.45) is 0 Å². The predicted octanol–water partition coefficient (Wildman–Crippen LogP) is 18.8. The van der Waals surface area contributed by atoms with Crippen LogP contribution in [0.4, 0.5) is 17.1 Å². The van der Waals surface area contributed by atoms with Gasteiger partial charge in [0.1, 0.15) is 0 Å². The molecule has 0 fully saturated rings. The number of nitrogens with zero attached hydrogens (tertiary/aromatic N) is 1. The fraction of sp³-hybridized carbons (Fsp3) is 0. The van der Waals surface area contributed by atoms with Crippen LogP contribution >= 0.6 is 11.3 Å². The van der Waals surface area contributed by atoms with Crippen molar-refractivity contribution in [2.45, 2.75) is 0 Å². The van der Waals surface area contributed by atoms with Gasteiger partial charge in [0.25, 0.3) is 0 Å². The van der Waals surface area contributed by atoms with E-state index in [-0.39, 0.29) is 0 Å². The van der Waals surface area contributed by atoms with E-state index in [4.69, 9.17) is 0 Å². The average Bonchev–Trinajstić information content (AvgIpc) is 3.74. The molecule has 0 spiro atoms. The number of thiophene rings is 1. The first-order valence-electron chi connectivity index (χ1n) is 22.6. The third kappa shape index (κ3) is 6.53. The molecule has 1 heterocycles. The first-order valence-corrected chi connectivity index (χ1v) is 23.5. The minimum atomic E-state index is 1.10. The van der Waals surface area contributed by atoms with E-state index in [1.165, 1.54) is 108 Å². The fourth-order valence-electron chi connectivity index (χ4n) is 10.2. The Kier molecular flexibility index (Phi) is 9.11. The van der Waals surface area contributed by atoms with Crippen LogP contribution in [-0.2, 0) is 0 Å². The highest BCUT2D eigenvalue weighted by molar-refractivity contribution is 7.26. The van der Waals surface area contributed by atoms with Gasteiger partial charge in [-0.15, -0.1) is 11.3 Å². The summed E-state index contributed by atoms with van der Waals surface area (Å²) in [5, 5.41) is 12.7. The van der Waals surface area contributed by atoms with E-state index < -0.39 is 0 Å². The summed E-state index contributed by atoms with van der Waals surface area (Å²) >= 11 is 1.87. The first-order chi connectivity index (χ1) is 32.7. The van der Waals surface area contributed by atoms with Crippen LogP contribution in [0.5, 0.6) is 0 Å². The number of hydrogen-bond donors (Lipinski definition) is 0. The molecule has 0 unspecified atom stereocenters. The molecule has 0 atom stereocenters. The third-order valence-corrected chi connectivity index (χ3v) is 14.5. The van der Waals surface area contributed by atoms with Crippen LogP contribution in [0.2, 0.25) is 0 Å². The Hall–Kier alpha value is -8.30. The Labute approximate surface area is 387 Å². The Morgan fingerprint density at radius 1 is 0.227 bits per heavy atom. The molecular weight excluding hydrogens is 815 g/mol. The zero-order valence-corrected chi connectivity index (χ0v) is 36.8. The molecule has 0 aliphatic carbocycles. The topological polar surface area (TPSA) is 3.24 Å². The van der Waals surface area contributed by atoms with E-state index in [9.17, 15) is 0 Å². The van der Waals surface area contributed by atoms with Gasteiger partial charge < -0.3 is 4.90 Å². The maximum absolute atomic E-state index is 2.42. The molecular formula is C64H41NS. The Morgan fingerprint density at radius 2 is 0.727 bits per heavy atom. The molecule has 0 aliphatic heterocycles. The van der Waals surface area contributed by atoms with Crippen molar-refractivity contribution in [3.8, 4) is 44.5 Å². The van der Waals surface area contributed by atoms with Crippen molar-refractivity contribution in [1.29, 1.82) is 0 Å². The lowest BCUT2D eigenvalue weighted by Crippen LogP contribution is -2.10. The lowest BCUT2D eigenvalue weighted by molar-refractivity contribution is 1.29. The zero-order valence-electron chi connectivity index (χ0n) is 36.0. The van der Waals surface area contributed by atoms with Gasteiger partial charge in [-0.25, -0.2) is 0 Å². The lowest BCUT2D eigenvalue weighted by Gasteiger charge is -2.26.